The van der Waals surface area contributed by atoms with E-state index in [-0.39, 0.29) is 5.91 Å². The van der Waals surface area contributed by atoms with Crippen molar-refractivity contribution in [1.82, 2.24) is 0 Å². The fourth-order valence-electron chi connectivity index (χ4n) is 2.15. The maximum Gasteiger partial charge on any atom is 0.336 e. The summed E-state index contributed by atoms with van der Waals surface area (Å²) in [7, 11) is 1.45. The van der Waals surface area contributed by atoms with Crippen molar-refractivity contribution in [2.24, 2.45) is 0 Å². The number of rotatable bonds is 6. The quantitative estimate of drug-likeness (QED) is 0.478. The van der Waals surface area contributed by atoms with E-state index >= 15 is 0 Å². The normalized spacial score (nSPS) is 10.3. The Bertz CT molecular complexity index is 871. The number of methoxy groups -OCH3 is 1. The summed E-state index contributed by atoms with van der Waals surface area (Å²) in [6.45, 7) is 2.71. The average molecular weight is 369 g/mol. The number of hydrogen-bond donors (Lipinski definition) is 1. The number of ether oxygens (including phenoxy) is 3. The molecule has 0 unspecified atom stereocenters. The molecule has 7 nitrogen and oxygen atoms in total. The lowest BCUT2D eigenvalue weighted by Gasteiger charge is -2.08. The average Bonchev–Trinajstić information content (AvgIpc) is 2.61. The zero-order chi connectivity index (χ0) is 19.8. The van der Waals surface area contributed by atoms with Crippen LogP contribution in [-0.2, 0) is 14.4 Å². The molecular formula is C20H19NO6. The van der Waals surface area contributed by atoms with Crippen LogP contribution in [0.5, 0.6) is 17.2 Å². The van der Waals surface area contributed by atoms with Gasteiger partial charge < -0.3 is 19.5 Å². The van der Waals surface area contributed by atoms with Crippen molar-refractivity contribution < 1.29 is 28.6 Å². The first kappa shape index (κ1) is 19.7. The van der Waals surface area contributed by atoms with E-state index in [1.54, 1.807) is 48.5 Å². The second-order valence-corrected chi connectivity index (χ2v) is 5.46. The molecule has 140 valence electrons. The van der Waals surface area contributed by atoms with Crippen LogP contribution in [0, 0.1) is 0 Å². The summed E-state index contributed by atoms with van der Waals surface area (Å²) in [4.78, 5) is 34.0. The second-order valence-electron chi connectivity index (χ2n) is 5.46. The third-order valence-corrected chi connectivity index (χ3v) is 3.25. The molecule has 1 N–H and O–H groups in total. The summed E-state index contributed by atoms with van der Waals surface area (Å²) < 4.78 is 15.4. The van der Waals surface area contributed by atoms with Crippen molar-refractivity contribution in [3.63, 3.8) is 0 Å². The molecule has 2 rings (SSSR count). The van der Waals surface area contributed by atoms with Crippen molar-refractivity contribution in [3.05, 3.63) is 54.1 Å². The third-order valence-electron chi connectivity index (χ3n) is 3.25. The molecule has 1 amide bonds. The van der Waals surface area contributed by atoms with Crippen LogP contribution in [0.3, 0.4) is 0 Å². The summed E-state index contributed by atoms with van der Waals surface area (Å²) in [5.74, 6) is -0.187. The number of carbonyl (C=O) groups is 3. The third kappa shape index (κ3) is 6.32. The molecule has 0 radical (unpaired) electrons. The smallest absolute Gasteiger partial charge is 0.336 e. The Balaban J connectivity index is 2.01. The molecular weight excluding hydrogens is 350 g/mol. The van der Waals surface area contributed by atoms with Gasteiger partial charge in [-0.25, -0.2) is 4.79 Å². The van der Waals surface area contributed by atoms with Gasteiger partial charge in [-0.3, -0.25) is 9.59 Å². The number of anilines is 1. The Labute approximate surface area is 156 Å². The molecule has 0 aliphatic rings. The van der Waals surface area contributed by atoms with E-state index in [1.165, 1.54) is 27.0 Å². The summed E-state index contributed by atoms with van der Waals surface area (Å²) in [5.41, 5.74) is 1.28. The number of esters is 2. The zero-order valence-corrected chi connectivity index (χ0v) is 15.1. The summed E-state index contributed by atoms with van der Waals surface area (Å²) >= 11 is 0. The lowest BCUT2D eigenvalue weighted by Crippen LogP contribution is -2.06. The molecule has 0 aromatic heterocycles. The van der Waals surface area contributed by atoms with Gasteiger partial charge in [0.2, 0.25) is 5.91 Å². The molecule has 0 heterocycles. The van der Waals surface area contributed by atoms with Crippen LogP contribution in [0.15, 0.2) is 48.5 Å². The van der Waals surface area contributed by atoms with Gasteiger partial charge in [-0.05, 0) is 48.0 Å². The summed E-state index contributed by atoms with van der Waals surface area (Å²) in [5, 5.41) is 2.62. The second kappa shape index (κ2) is 9.19. The van der Waals surface area contributed by atoms with Gasteiger partial charge in [0.05, 0.1) is 7.11 Å². The Kier molecular flexibility index (Phi) is 6.71. The summed E-state index contributed by atoms with van der Waals surface area (Å²) in [6.07, 6.45) is 2.82. The SMILES string of the molecule is COc1cc(C=CC(=O)Oc2ccc(NC(C)=O)cc2)ccc1OC(C)=O. The number of nitrogens with one attached hydrogen (secondary N) is 1. The molecule has 0 atom stereocenters. The van der Waals surface area contributed by atoms with Crippen LogP contribution >= 0.6 is 0 Å². The van der Waals surface area contributed by atoms with E-state index < -0.39 is 11.9 Å². The topological polar surface area (TPSA) is 90.9 Å². The van der Waals surface area contributed by atoms with Crippen LogP contribution in [0.25, 0.3) is 6.08 Å². The lowest BCUT2D eigenvalue weighted by atomic mass is 10.2. The number of amides is 1. The predicted molar refractivity (Wildman–Crippen MR) is 99.7 cm³/mol. The van der Waals surface area contributed by atoms with E-state index in [9.17, 15) is 14.4 Å². The minimum atomic E-state index is -0.565. The van der Waals surface area contributed by atoms with Crippen LogP contribution in [0.4, 0.5) is 5.69 Å². The first-order chi connectivity index (χ1) is 12.9. The monoisotopic (exact) mass is 369 g/mol. The molecule has 0 spiro atoms. The maximum absolute atomic E-state index is 11.9. The van der Waals surface area contributed by atoms with Crippen LogP contribution in [0.1, 0.15) is 19.4 Å². The molecule has 0 aliphatic carbocycles. The minimum Gasteiger partial charge on any atom is -0.493 e. The van der Waals surface area contributed by atoms with Crippen LogP contribution in [0.2, 0.25) is 0 Å². The van der Waals surface area contributed by atoms with Crippen molar-refractivity contribution in [2.45, 2.75) is 13.8 Å². The molecule has 0 saturated heterocycles. The standard InChI is InChI=1S/C20H19NO6/c1-13(22)21-16-6-8-17(9-7-16)27-20(24)11-5-15-4-10-18(26-14(2)23)19(12-15)25-3/h4-12H,1-3H3,(H,21,22). The van der Waals surface area contributed by atoms with Gasteiger partial charge in [0.25, 0.3) is 0 Å². The van der Waals surface area contributed by atoms with Crippen molar-refractivity contribution in [3.8, 4) is 17.2 Å². The van der Waals surface area contributed by atoms with Crippen molar-refractivity contribution in [1.29, 1.82) is 0 Å². The van der Waals surface area contributed by atoms with Gasteiger partial charge in [-0.1, -0.05) is 6.07 Å². The van der Waals surface area contributed by atoms with E-state index in [1.807, 2.05) is 0 Å². The fraction of sp³-hybridized carbons (Fsp3) is 0.150. The molecule has 0 aliphatic heterocycles. The molecule has 0 saturated carbocycles. The van der Waals surface area contributed by atoms with E-state index in [2.05, 4.69) is 5.32 Å². The van der Waals surface area contributed by atoms with Gasteiger partial charge in [0.15, 0.2) is 11.5 Å². The predicted octanol–water partition coefficient (Wildman–Crippen LogP) is 3.20. The van der Waals surface area contributed by atoms with Crippen molar-refractivity contribution in [2.75, 3.05) is 12.4 Å². The van der Waals surface area contributed by atoms with E-state index in [4.69, 9.17) is 14.2 Å². The molecule has 7 heteroatoms. The van der Waals surface area contributed by atoms with E-state index in [0.29, 0.717) is 28.5 Å². The summed E-state index contributed by atoms with van der Waals surface area (Å²) in [6, 6.07) is 11.3. The first-order valence-electron chi connectivity index (χ1n) is 8.01. The number of carbonyl (C=O) groups excluding carboxylic acids is 3. The van der Waals surface area contributed by atoms with Gasteiger partial charge in [-0.2, -0.15) is 0 Å². The largest absolute Gasteiger partial charge is 0.493 e. The Morgan fingerprint density at radius 1 is 0.926 bits per heavy atom. The van der Waals surface area contributed by atoms with Crippen LogP contribution < -0.4 is 19.5 Å². The fourth-order valence-corrected chi connectivity index (χ4v) is 2.15. The molecule has 0 fully saturated rings. The highest BCUT2D eigenvalue weighted by Crippen LogP contribution is 2.28. The Morgan fingerprint density at radius 3 is 2.22 bits per heavy atom. The minimum absolute atomic E-state index is 0.183. The number of hydrogen-bond acceptors (Lipinski definition) is 6. The van der Waals surface area contributed by atoms with Crippen molar-refractivity contribution >= 4 is 29.6 Å². The van der Waals surface area contributed by atoms with Gasteiger partial charge >= 0.3 is 11.9 Å². The van der Waals surface area contributed by atoms with E-state index in [0.717, 1.165) is 0 Å². The lowest BCUT2D eigenvalue weighted by molar-refractivity contribution is -0.132. The zero-order valence-electron chi connectivity index (χ0n) is 15.1. The Morgan fingerprint density at radius 2 is 1.63 bits per heavy atom. The van der Waals surface area contributed by atoms with Gasteiger partial charge in [0.1, 0.15) is 5.75 Å². The highest BCUT2D eigenvalue weighted by atomic mass is 16.6. The van der Waals surface area contributed by atoms with Crippen LogP contribution in [-0.4, -0.2) is 25.0 Å². The maximum atomic E-state index is 11.9. The number of benzene rings is 2. The highest BCUT2D eigenvalue weighted by Gasteiger charge is 2.07. The molecule has 2 aromatic carbocycles. The highest BCUT2D eigenvalue weighted by molar-refractivity contribution is 5.90. The molecule has 27 heavy (non-hydrogen) atoms. The van der Waals surface area contributed by atoms with Gasteiger partial charge in [0, 0.05) is 25.6 Å². The molecule has 0 bridgehead atoms. The van der Waals surface area contributed by atoms with Gasteiger partial charge in [-0.15, -0.1) is 0 Å². The molecule has 2 aromatic rings. The first-order valence-corrected chi connectivity index (χ1v) is 8.01. The Hall–Kier alpha value is -3.61.